The van der Waals surface area contributed by atoms with Crippen LogP contribution in [0.5, 0.6) is 0 Å². The van der Waals surface area contributed by atoms with Gasteiger partial charge in [0.2, 0.25) is 0 Å². The van der Waals surface area contributed by atoms with Crippen LogP contribution >= 0.6 is 0 Å². The molecule has 5 heterocycles. The Labute approximate surface area is 234 Å². The average molecular weight is 524 g/mol. The predicted molar refractivity (Wildman–Crippen MR) is 166 cm³/mol. The van der Waals surface area contributed by atoms with Gasteiger partial charge in [0.25, 0.3) is 0 Å². The quantitative estimate of drug-likeness (QED) is 0.204. The van der Waals surface area contributed by atoms with Crippen molar-refractivity contribution in [3.8, 4) is 16.8 Å². The molecule has 0 unspecified atom stereocenters. The molecule has 9 aromatic rings. The van der Waals surface area contributed by atoms with Crippen LogP contribution in [0.2, 0.25) is 0 Å². The van der Waals surface area contributed by atoms with Crippen molar-refractivity contribution in [1.29, 1.82) is 0 Å². The molecule has 0 atom stereocenters. The Morgan fingerprint density at radius 2 is 1.39 bits per heavy atom. The fourth-order valence-corrected chi connectivity index (χ4v) is 7.26. The van der Waals surface area contributed by atoms with Crippen molar-refractivity contribution in [2.75, 3.05) is 0 Å². The van der Waals surface area contributed by atoms with Gasteiger partial charge in [-0.3, -0.25) is 14.4 Å². The normalized spacial score (nSPS) is 12.8. The van der Waals surface area contributed by atoms with Crippen LogP contribution in [-0.4, -0.2) is 23.9 Å². The van der Waals surface area contributed by atoms with Crippen LogP contribution in [0.15, 0.2) is 116 Å². The summed E-state index contributed by atoms with van der Waals surface area (Å²) in [5.74, 6) is 0. The number of rotatable bonds is 1. The average Bonchev–Trinajstić information content (AvgIpc) is 3.71. The van der Waals surface area contributed by atoms with Crippen molar-refractivity contribution in [2.24, 2.45) is 0 Å². The first kappa shape index (κ1) is 21.3. The van der Waals surface area contributed by atoms with E-state index in [0.29, 0.717) is 0 Å². The molecule has 0 fully saturated rings. The van der Waals surface area contributed by atoms with E-state index < -0.39 is 0 Å². The summed E-state index contributed by atoms with van der Waals surface area (Å²) >= 11 is 0. The molecule has 0 aliphatic heterocycles. The van der Waals surface area contributed by atoms with E-state index in [0.717, 1.165) is 28.6 Å². The summed E-state index contributed by atoms with van der Waals surface area (Å²) in [4.78, 5) is 14.1. The van der Waals surface area contributed by atoms with Crippen LogP contribution in [0.1, 0.15) is 11.1 Å². The lowest BCUT2D eigenvalue weighted by atomic mass is 9.97. The zero-order valence-corrected chi connectivity index (χ0v) is 21.9. The summed E-state index contributed by atoms with van der Waals surface area (Å²) in [7, 11) is 0. The summed E-state index contributed by atoms with van der Waals surface area (Å²) in [6.45, 7) is 0. The van der Waals surface area contributed by atoms with E-state index in [1.165, 1.54) is 65.9 Å². The van der Waals surface area contributed by atoms with Crippen LogP contribution in [0.4, 0.5) is 0 Å². The van der Waals surface area contributed by atoms with Gasteiger partial charge < -0.3 is 4.57 Å². The first-order valence-electron chi connectivity index (χ1n) is 13.9. The molecule has 0 amide bonds. The van der Waals surface area contributed by atoms with Crippen molar-refractivity contribution in [3.05, 3.63) is 127 Å². The first-order chi connectivity index (χ1) is 20.4. The van der Waals surface area contributed by atoms with Gasteiger partial charge >= 0.3 is 0 Å². The third-order valence-electron chi connectivity index (χ3n) is 8.90. The summed E-state index contributed by atoms with van der Waals surface area (Å²) in [5.41, 5.74) is 12.9. The number of hydrogen-bond acceptors (Lipinski definition) is 3. The second-order valence-electron chi connectivity index (χ2n) is 10.9. The van der Waals surface area contributed by atoms with Crippen molar-refractivity contribution in [2.45, 2.75) is 6.42 Å². The Bertz CT molecular complexity index is 2550. The molecular formula is C36H21N5. The number of para-hydroxylation sites is 2. The van der Waals surface area contributed by atoms with E-state index in [2.05, 4.69) is 104 Å². The predicted octanol–water partition coefficient (Wildman–Crippen LogP) is 8.25. The molecule has 1 aliphatic rings. The largest absolute Gasteiger partial charge is 0.309 e. The molecule has 5 nitrogen and oxygen atoms in total. The highest BCUT2D eigenvalue weighted by Crippen LogP contribution is 2.48. The van der Waals surface area contributed by atoms with Crippen molar-refractivity contribution in [1.82, 2.24) is 23.9 Å². The monoisotopic (exact) mass is 523 g/mol. The van der Waals surface area contributed by atoms with Gasteiger partial charge in [-0.25, -0.2) is 4.98 Å². The van der Waals surface area contributed by atoms with E-state index >= 15 is 0 Å². The Kier molecular flexibility index (Phi) is 3.92. The topological polar surface area (TPSA) is 48.0 Å². The van der Waals surface area contributed by atoms with Gasteiger partial charge in [0.05, 0.1) is 40.0 Å². The van der Waals surface area contributed by atoms with Crippen LogP contribution in [-0.2, 0) is 6.42 Å². The molecule has 5 aromatic heterocycles. The number of hydrogen-bond donors (Lipinski definition) is 0. The molecule has 1 aliphatic carbocycles. The van der Waals surface area contributed by atoms with E-state index in [1.54, 1.807) is 0 Å². The molecule has 190 valence electrons. The molecule has 0 N–H and O–H groups in total. The summed E-state index contributed by atoms with van der Waals surface area (Å²) in [6, 6.07) is 32.9. The Morgan fingerprint density at radius 3 is 2.32 bits per heavy atom. The maximum Gasteiger partial charge on any atom is 0.146 e. The number of benzene rings is 4. The highest BCUT2D eigenvalue weighted by molar-refractivity contribution is 6.20. The van der Waals surface area contributed by atoms with Gasteiger partial charge in [-0.05, 0) is 58.8 Å². The molecule has 0 saturated heterocycles. The smallest absolute Gasteiger partial charge is 0.146 e. The summed E-state index contributed by atoms with van der Waals surface area (Å²) in [5, 5.41) is 6.15. The number of pyridine rings is 3. The molecule has 41 heavy (non-hydrogen) atoms. The SMILES string of the molecule is c1ccc(-n2c3ccccc3c3ccc4c(c32)-c2ccc3c5ccncc5n5c6cnccc6nc5c3c2C4)cc1. The molecular weight excluding hydrogens is 502 g/mol. The van der Waals surface area contributed by atoms with Crippen molar-refractivity contribution >= 4 is 60.2 Å². The molecule has 4 aromatic carbocycles. The molecule has 5 heteroatoms. The van der Waals surface area contributed by atoms with Crippen molar-refractivity contribution < 1.29 is 0 Å². The molecule has 0 saturated carbocycles. The van der Waals surface area contributed by atoms with Gasteiger partial charge in [0, 0.05) is 45.2 Å². The second kappa shape index (κ2) is 7.55. The second-order valence-corrected chi connectivity index (χ2v) is 10.9. The number of nitrogens with zero attached hydrogens (tertiary/aromatic N) is 5. The standard InChI is InChI=1S/C36H21N5/c1-2-6-22(7-3-1)40-30-9-5-4-8-23(30)27-11-10-21-18-28-26(33(21)35(27)40)13-12-25-24-14-16-37-19-31(24)41-32-20-38-17-15-29(32)39-36(41)34(25)28/h1-17,19-20H,18H2. The Hall–Kier alpha value is -5.55. The van der Waals surface area contributed by atoms with Crippen LogP contribution in [0, 0.1) is 0 Å². The highest BCUT2D eigenvalue weighted by Gasteiger charge is 2.28. The van der Waals surface area contributed by atoms with Crippen LogP contribution in [0.25, 0.3) is 77.0 Å². The molecule has 10 rings (SSSR count). The maximum absolute atomic E-state index is 5.19. The third-order valence-corrected chi connectivity index (χ3v) is 8.90. The lowest BCUT2D eigenvalue weighted by Gasteiger charge is -2.13. The van der Waals surface area contributed by atoms with Gasteiger partial charge in [-0.1, -0.05) is 60.7 Å². The summed E-state index contributed by atoms with van der Waals surface area (Å²) in [6.07, 6.45) is 8.42. The van der Waals surface area contributed by atoms with Crippen molar-refractivity contribution in [3.63, 3.8) is 0 Å². The van der Waals surface area contributed by atoms with Gasteiger partial charge in [0.15, 0.2) is 0 Å². The first-order valence-corrected chi connectivity index (χ1v) is 13.9. The van der Waals surface area contributed by atoms with Crippen LogP contribution in [0.3, 0.4) is 0 Å². The zero-order valence-electron chi connectivity index (χ0n) is 21.9. The molecule has 0 bridgehead atoms. The van der Waals surface area contributed by atoms with E-state index in [1.807, 2.05) is 30.9 Å². The van der Waals surface area contributed by atoms with E-state index in [4.69, 9.17) is 4.98 Å². The Morgan fingerprint density at radius 1 is 0.610 bits per heavy atom. The molecule has 0 radical (unpaired) electrons. The third kappa shape index (κ3) is 2.63. The maximum atomic E-state index is 5.19. The number of imidazole rings is 1. The van der Waals surface area contributed by atoms with E-state index in [-0.39, 0.29) is 0 Å². The number of aromatic nitrogens is 5. The minimum absolute atomic E-state index is 0.863. The minimum atomic E-state index is 0.863. The lowest BCUT2D eigenvalue weighted by molar-refractivity contribution is 1.18. The van der Waals surface area contributed by atoms with Gasteiger partial charge in [-0.15, -0.1) is 0 Å². The fraction of sp³-hybridized carbons (Fsp3) is 0.0278. The Balaban J connectivity index is 1.40. The van der Waals surface area contributed by atoms with Crippen LogP contribution < -0.4 is 0 Å². The lowest BCUT2D eigenvalue weighted by Crippen LogP contribution is -1.96. The van der Waals surface area contributed by atoms with E-state index in [9.17, 15) is 0 Å². The minimum Gasteiger partial charge on any atom is -0.309 e. The fourth-order valence-electron chi connectivity index (χ4n) is 7.26. The summed E-state index contributed by atoms with van der Waals surface area (Å²) < 4.78 is 4.69. The highest BCUT2D eigenvalue weighted by atomic mass is 15.0. The van der Waals surface area contributed by atoms with Gasteiger partial charge in [0.1, 0.15) is 5.65 Å². The number of fused-ring (bicyclic) bond motifs is 16. The zero-order chi connectivity index (χ0) is 26.7. The van der Waals surface area contributed by atoms with Gasteiger partial charge in [-0.2, -0.15) is 0 Å². The molecule has 0 spiro atoms.